The van der Waals surface area contributed by atoms with Gasteiger partial charge in [-0.15, -0.1) is 11.3 Å². The fourth-order valence-electron chi connectivity index (χ4n) is 3.30. The molecule has 0 atom stereocenters. The number of sulfonamides is 1. The summed E-state index contributed by atoms with van der Waals surface area (Å²) in [6.45, 7) is 0.998. The van der Waals surface area contributed by atoms with Crippen LogP contribution in [0.15, 0.2) is 15.4 Å². The Kier molecular flexibility index (Phi) is 4.99. The molecule has 2 aromatic heterocycles. The van der Waals surface area contributed by atoms with Crippen LogP contribution in [0.1, 0.15) is 47.4 Å². The Balaban J connectivity index is 1.35. The maximum absolute atomic E-state index is 12.3. The van der Waals surface area contributed by atoms with Gasteiger partial charge < -0.3 is 9.42 Å². The summed E-state index contributed by atoms with van der Waals surface area (Å²) in [4.78, 5) is 22.3. The molecule has 2 aliphatic rings. The van der Waals surface area contributed by atoms with E-state index in [9.17, 15) is 13.2 Å². The predicted octanol–water partition coefficient (Wildman–Crippen LogP) is 1.12. The van der Waals surface area contributed by atoms with Crippen molar-refractivity contribution in [2.24, 2.45) is 0 Å². The lowest BCUT2D eigenvalue weighted by atomic mass is 9.85. The quantitative estimate of drug-likeness (QED) is 0.671. The van der Waals surface area contributed by atoms with Gasteiger partial charge in [-0.05, 0) is 12.8 Å². The van der Waals surface area contributed by atoms with Crippen LogP contribution in [-0.2, 0) is 16.4 Å². The van der Waals surface area contributed by atoms with Crippen molar-refractivity contribution < 1.29 is 17.7 Å². The van der Waals surface area contributed by atoms with E-state index in [-0.39, 0.29) is 18.5 Å². The number of thiazole rings is 1. The third kappa shape index (κ3) is 3.90. The molecular formula is C16H21N5O4S2. The van der Waals surface area contributed by atoms with Crippen LogP contribution < -0.4 is 0 Å². The molecule has 1 amide bonds. The van der Waals surface area contributed by atoms with E-state index in [2.05, 4.69) is 15.1 Å². The molecule has 3 heterocycles. The van der Waals surface area contributed by atoms with Crippen LogP contribution in [0, 0.1) is 0 Å². The van der Waals surface area contributed by atoms with E-state index in [4.69, 9.17) is 4.52 Å². The van der Waals surface area contributed by atoms with Gasteiger partial charge in [0, 0.05) is 37.4 Å². The first-order chi connectivity index (χ1) is 12.9. The number of nitrogens with zero attached hydrogens (tertiary/aromatic N) is 5. The fraction of sp³-hybridized carbons (Fsp3) is 0.625. The smallest absolute Gasteiger partial charge is 0.273 e. The van der Waals surface area contributed by atoms with Crippen LogP contribution in [0.2, 0.25) is 0 Å². The lowest BCUT2D eigenvalue weighted by Gasteiger charge is -2.43. The van der Waals surface area contributed by atoms with Crippen molar-refractivity contribution >= 4 is 27.3 Å². The summed E-state index contributed by atoms with van der Waals surface area (Å²) in [5.41, 5.74) is 2.01. The molecule has 1 aliphatic heterocycles. The molecule has 0 aromatic carbocycles. The molecular weight excluding hydrogens is 390 g/mol. The first kappa shape index (κ1) is 18.5. The molecule has 0 N–H and O–H groups in total. The number of likely N-dealkylation sites (tertiary alicyclic amines) is 1. The minimum absolute atomic E-state index is 0.163. The van der Waals surface area contributed by atoms with Crippen LogP contribution in [0.25, 0.3) is 0 Å². The number of aromatic nitrogens is 3. The molecule has 1 saturated carbocycles. The molecule has 0 radical (unpaired) electrons. The maximum Gasteiger partial charge on any atom is 0.273 e. The number of rotatable bonds is 7. The van der Waals surface area contributed by atoms with Gasteiger partial charge >= 0.3 is 0 Å². The zero-order chi connectivity index (χ0) is 19.0. The van der Waals surface area contributed by atoms with Gasteiger partial charge in [0.05, 0.1) is 17.8 Å². The van der Waals surface area contributed by atoms with E-state index in [1.54, 1.807) is 15.8 Å². The zero-order valence-electron chi connectivity index (χ0n) is 14.9. The Hall–Kier alpha value is -1.85. The van der Waals surface area contributed by atoms with Crippen LogP contribution in [0.5, 0.6) is 0 Å². The highest BCUT2D eigenvalue weighted by atomic mass is 32.2. The van der Waals surface area contributed by atoms with E-state index in [0.29, 0.717) is 42.8 Å². The first-order valence-electron chi connectivity index (χ1n) is 8.88. The van der Waals surface area contributed by atoms with Crippen molar-refractivity contribution in [1.29, 1.82) is 0 Å². The van der Waals surface area contributed by atoms with Crippen LogP contribution in [0.3, 0.4) is 0 Å². The lowest BCUT2D eigenvalue weighted by molar-refractivity contribution is 0.0449. The van der Waals surface area contributed by atoms with Gasteiger partial charge in [-0.2, -0.15) is 9.29 Å². The Morgan fingerprint density at radius 2 is 2.19 bits per heavy atom. The van der Waals surface area contributed by atoms with E-state index < -0.39 is 10.0 Å². The number of carbonyl (C=O) groups excluding carboxylic acids is 1. The summed E-state index contributed by atoms with van der Waals surface area (Å²) >= 11 is 1.36. The summed E-state index contributed by atoms with van der Waals surface area (Å²) in [6, 6.07) is -0.236. The standard InChI is InChI=1S/C16H21N5O4S2/c1-27(23,24)21(6-5-14-18-15(25-19-14)11-3-2-4-11)12-7-20(8-12)16(22)13-9-26-10-17-13/h9-12H,2-8H2,1H3. The Morgan fingerprint density at radius 3 is 2.78 bits per heavy atom. The number of hydrogen-bond donors (Lipinski definition) is 0. The fourth-order valence-corrected chi connectivity index (χ4v) is 4.93. The highest BCUT2D eigenvalue weighted by Gasteiger charge is 2.39. The van der Waals surface area contributed by atoms with Gasteiger partial charge in [0.1, 0.15) is 5.69 Å². The normalized spacial score (nSPS) is 18.5. The predicted molar refractivity (Wildman–Crippen MR) is 97.9 cm³/mol. The maximum atomic E-state index is 12.3. The van der Waals surface area contributed by atoms with Crippen molar-refractivity contribution in [1.82, 2.24) is 24.3 Å². The molecule has 2 aromatic rings. The summed E-state index contributed by atoms with van der Waals surface area (Å²) in [6.07, 6.45) is 4.90. The molecule has 146 valence electrons. The SMILES string of the molecule is CS(=O)(=O)N(CCc1noc(C2CCC2)n1)C1CN(C(=O)c2cscn2)C1. The summed E-state index contributed by atoms with van der Waals surface area (Å²) in [5, 5.41) is 5.67. The second-order valence-electron chi connectivity index (χ2n) is 7.04. The van der Waals surface area contributed by atoms with Gasteiger partial charge in [0.25, 0.3) is 5.91 Å². The number of amides is 1. The van der Waals surface area contributed by atoms with E-state index in [1.807, 2.05) is 0 Å². The summed E-state index contributed by atoms with van der Waals surface area (Å²) in [7, 11) is -3.41. The molecule has 1 saturated heterocycles. The van der Waals surface area contributed by atoms with Crippen LogP contribution in [-0.4, -0.2) is 70.6 Å². The Morgan fingerprint density at radius 1 is 1.41 bits per heavy atom. The van der Waals surface area contributed by atoms with Crippen molar-refractivity contribution in [3.8, 4) is 0 Å². The summed E-state index contributed by atoms with van der Waals surface area (Å²) < 4.78 is 31.1. The lowest BCUT2D eigenvalue weighted by Crippen LogP contribution is -2.62. The highest BCUT2D eigenvalue weighted by molar-refractivity contribution is 7.88. The third-order valence-electron chi connectivity index (χ3n) is 5.13. The van der Waals surface area contributed by atoms with E-state index in [0.717, 1.165) is 12.8 Å². The highest BCUT2D eigenvalue weighted by Crippen LogP contribution is 2.35. The van der Waals surface area contributed by atoms with Crippen LogP contribution >= 0.6 is 11.3 Å². The van der Waals surface area contributed by atoms with Gasteiger partial charge in [0.15, 0.2) is 5.82 Å². The van der Waals surface area contributed by atoms with Crippen molar-refractivity contribution in [3.05, 3.63) is 28.3 Å². The largest absolute Gasteiger partial charge is 0.339 e. The molecule has 4 rings (SSSR count). The third-order valence-corrected chi connectivity index (χ3v) is 7.05. The molecule has 0 unspecified atom stereocenters. The van der Waals surface area contributed by atoms with Gasteiger partial charge in [-0.25, -0.2) is 13.4 Å². The molecule has 2 fully saturated rings. The molecule has 1 aliphatic carbocycles. The Labute approximate surface area is 161 Å². The minimum atomic E-state index is -3.41. The average molecular weight is 412 g/mol. The first-order valence-corrected chi connectivity index (χ1v) is 11.7. The van der Waals surface area contributed by atoms with Crippen molar-refractivity contribution in [2.45, 2.75) is 37.6 Å². The minimum Gasteiger partial charge on any atom is -0.339 e. The molecule has 11 heteroatoms. The summed E-state index contributed by atoms with van der Waals surface area (Å²) in [5.74, 6) is 1.38. The monoisotopic (exact) mass is 411 g/mol. The molecule has 9 nitrogen and oxygen atoms in total. The second-order valence-corrected chi connectivity index (χ2v) is 9.69. The average Bonchev–Trinajstić information content (AvgIpc) is 3.17. The molecule has 0 bridgehead atoms. The zero-order valence-corrected chi connectivity index (χ0v) is 16.6. The van der Waals surface area contributed by atoms with Crippen LogP contribution in [0.4, 0.5) is 0 Å². The van der Waals surface area contributed by atoms with E-state index >= 15 is 0 Å². The molecule has 27 heavy (non-hydrogen) atoms. The van der Waals surface area contributed by atoms with Crippen molar-refractivity contribution in [2.75, 3.05) is 25.9 Å². The Bertz CT molecular complexity index is 901. The van der Waals surface area contributed by atoms with Crippen molar-refractivity contribution in [3.63, 3.8) is 0 Å². The molecule has 0 spiro atoms. The second kappa shape index (κ2) is 7.28. The van der Waals surface area contributed by atoms with Gasteiger partial charge in [0.2, 0.25) is 15.9 Å². The number of carbonyl (C=O) groups is 1. The topological polar surface area (TPSA) is 110 Å². The number of hydrogen-bond acceptors (Lipinski definition) is 8. The van der Waals surface area contributed by atoms with Gasteiger partial charge in [-0.1, -0.05) is 11.6 Å². The van der Waals surface area contributed by atoms with E-state index in [1.165, 1.54) is 28.3 Å². The van der Waals surface area contributed by atoms with Gasteiger partial charge in [-0.3, -0.25) is 4.79 Å².